The summed E-state index contributed by atoms with van der Waals surface area (Å²) < 4.78 is 4.58. The van der Waals surface area contributed by atoms with E-state index in [2.05, 4.69) is 20.4 Å². The minimum absolute atomic E-state index is 0.129. The van der Waals surface area contributed by atoms with Gasteiger partial charge in [-0.3, -0.25) is 4.79 Å². The van der Waals surface area contributed by atoms with Gasteiger partial charge < -0.3 is 15.4 Å². The third-order valence-electron chi connectivity index (χ3n) is 1.85. The molecule has 0 saturated heterocycles. The van der Waals surface area contributed by atoms with Crippen LogP contribution >= 0.6 is 11.3 Å². The van der Waals surface area contributed by atoms with E-state index in [1.54, 1.807) is 14.0 Å². The second kappa shape index (κ2) is 5.45. The summed E-state index contributed by atoms with van der Waals surface area (Å²) in [5, 5.41) is 5.83. The molecule has 1 rings (SSSR count). The summed E-state index contributed by atoms with van der Waals surface area (Å²) in [6.45, 7) is 1.90. The molecular weight excluding hydrogens is 230 g/mol. The molecule has 0 spiro atoms. The smallest absolute Gasteiger partial charge is 0.357 e. The molecule has 7 heteroatoms. The number of thiazole rings is 1. The summed E-state index contributed by atoms with van der Waals surface area (Å²) in [6.07, 6.45) is 0. The van der Waals surface area contributed by atoms with Gasteiger partial charge in [-0.15, -0.1) is 11.3 Å². The molecule has 0 atom stereocenters. The van der Waals surface area contributed by atoms with Gasteiger partial charge in [0.05, 0.1) is 13.7 Å². The molecule has 0 fully saturated rings. The van der Waals surface area contributed by atoms with Gasteiger partial charge in [0.15, 0.2) is 10.8 Å². The minimum atomic E-state index is -0.471. The van der Waals surface area contributed by atoms with E-state index in [-0.39, 0.29) is 18.1 Å². The number of nitrogens with one attached hydrogen (secondary N) is 2. The van der Waals surface area contributed by atoms with Crippen molar-refractivity contribution in [1.82, 2.24) is 10.3 Å². The van der Waals surface area contributed by atoms with Crippen LogP contribution in [0.25, 0.3) is 0 Å². The number of esters is 1. The van der Waals surface area contributed by atoms with Crippen LogP contribution in [0.5, 0.6) is 0 Å². The quantitative estimate of drug-likeness (QED) is 0.748. The fourth-order valence-corrected chi connectivity index (χ4v) is 1.80. The van der Waals surface area contributed by atoms with Gasteiger partial charge in [0.2, 0.25) is 5.91 Å². The van der Waals surface area contributed by atoms with E-state index in [9.17, 15) is 9.59 Å². The summed E-state index contributed by atoms with van der Waals surface area (Å²) in [4.78, 5) is 27.0. The fraction of sp³-hybridized carbons (Fsp3) is 0.444. The SMILES string of the molecule is CNC(=O)CNc1nc(C(=O)OC)c(C)s1. The van der Waals surface area contributed by atoms with Gasteiger partial charge in [0.25, 0.3) is 0 Å². The Labute approximate surface area is 97.0 Å². The van der Waals surface area contributed by atoms with E-state index >= 15 is 0 Å². The van der Waals surface area contributed by atoms with E-state index in [1.807, 2.05) is 0 Å². The number of hydrogen-bond acceptors (Lipinski definition) is 6. The number of carbonyl (C=O) groups is 2. The van der Waals surface area contributed by atoms with Gasteiger partial charge in [0.1, 0.15) is 0 Å². The normalized spacial score (nSPS) is 9.69. The predicted molar refractivity (Wildman–Crippen MR) is 60.7 cm³/mol. The third-order valence-corrected chi connectivity index (χ3v) is 2.78. The van der Waals surface area contributed by atoms with Crippen molar-refractivity contribution in [3.8, 4) is 0 Å². The van der Waals surface area contributed by atoms with Crippen LogP contribution in [-0.2, 0) is 9.53 Å². The van der Waals surface area contributed by atoms with E-state index < -0.39 is 5.97 Å². The average Bonchev–Trinajstić information content (AvgIpc) is 2.66. The van der Waals surface area contributed by atoms with Gasteiger partial charge in [-0.05, 0) is 6.92 Å². The Morgan fingerprint density at radius 1 is 1.50 bits per heavy atom. The molecule has 1 amide bonds. The summed E-state index contributed by atoms with van der Waals surface area (Å²) in [6, 6.07) is 0. The minimum Gasteiger partial charge on any atom is -0.464 e. The van der Waals surface area contributed by atoms with Gasteiger partial charge in [-0.1, -0.05) is 0 Å². The number of ether oxygens (including phenoxy) is 1. The Morgan fingerprint density at radius 3 is 2.75 bits per heavy atom. The molecule has 0 aliphatic heterocycles. The predicted octanol–water partition coefficient (Wildman–Crippen LogP) is 0.396. The third kappa shape index (κ3) is 2.93. The van der Waals surface area contributed by atoms with Crippen molar-refractivity contribution in [2.45, 2.75) is 6.92 Å². The molecule has 0 bridgehead atoms. The van der Waals surface area contributed by atoms with Crippen LogP contribution in [0, 0.1) is 6.92 Å². The first-order chi connectivity index (χ1) is 7.58. The molecular formula is C9H13N3O3S. The van der Waals surface area contributed by atoms with Crippen LogP contribution in [0.1, 0.15) is 15.4 Å². The van der Waals surface area contributed by atoms with Crippen molar-refractivity contribution in [1.29, 1.82) is 0 Å². The van der Waals surface area contributed by atoms with Crippen molar-refractivity contribution < 1.29 is 14.3 Å². The van der Waals surface area contributed by atoms with E-state index in [4.69, 9.17) is 0 Å². The summed E-state index contributed by atoms with van der Waals surface area (Å²) in [5.74, 6) is -0.616. The zero-order chi connectivity index (χ0) is 12.1. The first-order valence-electron chi connectivity index (χ1n) is 4.58. The molecule has 0 aromatic carbocycles. The van der Waals surface area contributed by atoms with Crippen molar-refractivity contribution >= 4 is 28.3 Å². The molecule has 0 unspecified atom stereocenters. The summed E-state index contributed by atoms with van der Waals surface area (Å²) in [5.41, 5.74) is 0.284. The highest BCUT2D eigenvalue weighted by atomic mass is 32.1. The lowest BCUT2D eigenvalue weighted by Gasteiger charge is -1.99. The Hall–Kier alpha value is -1.63. The highest BCUT2D eigenvalue weighted by Crippen LogP contribution is 2.22. The molecule has 1 heterocycles. The van der Waals surface area contributed by atoms with Crippen LogP contribution < -0.4 is 10.6 Å². The Balaban J connectivity index is 2.69. The lowest BCUT2D eigenvalue weighted by molar-refractivity contribution is -0.118. The molecule has 1 aromatic rings. The molecule has 0 radical (unpaired) electrons. The zero-order valence-electron chi connectivity index (χ0n) is 9.29. The number of amides is 1. The zero-order valence-corrected chi connectivity index (χ0v) is 10.1. The molecule has 0 saturated carbocycles. The Morgan fingerprint density at radius 2 is 2.19 bits per heavy atom. The van der Waals surface area contributed by atoms with Crippen LogP contribution in [0.15, 0.2) is 0 Å². The van der Waals surface area contributed by atoms with E-state index in [0.29, 0.717) is 5.13 Å². The number of aromatic nitrogens is 1. The largest absolute Gasteiger partial charge is 0.464 e. The first kappa shape index (κ1) is 12.4. The number of hydrogen-bond donors (Lipinski definition) is 2. The molecule has 88 valence electrons. The van der Waals surface area contributed by atoms with Crippen LogP contribution in [0.3, 0.4) is 0 Å². The number of carbonyl (C=O) groups excluding carboxylic acids is 2. The number of aryl methyl sites for hydroxylation is 1. The van der Waals surface area contributed by atoms with Crippen LogP contribution in [-0.4, -0.2) is 37.6 Å². The van der Waals surface area contributed by atoms with Gasteiger partial charge in [-0.2, -0.15) is 0 Å². The number of anilines is 1. The lowest BCUT2D eigenvalue weighted by atomic mass is 10.4. The maximum atomic E-state index is 11.3. The number of nitrogens with zero attached hydrogens (tertiary/aromatic N) is 1. The molecule has 0 aliphatic rings. The second-order valence-corrected chi connectivity index (χ2v) is 4.15. The topological polar surface area (TPSA) is 80.3 Å². The van der Waals surface area contributed by atoms with Crippen LogP contribution in [0.4, 0.5) is 5.13 Å². The van der Waals surface area contributed by atoms with Gasteiger partial charge >= 0.3 is 5.97 Å². The maximum Gasteiger partial charge on any atom is 0.357 e. The lowest BCUT2D eigenvalue weighted by Crippen LogP contribution is -2.26. The Kier molecular flexibility index (Phi) is 4.24. The number of methoxy groups -OCH3 is 1. The molecule has 6 nitrogen and oxygen atoms in total. The molecule has 0 aliphatic carbocycles. The monoisotopic (exact) mass is 243 g/mol. The number of rotatable bonds is 4. The molecule has 16 heavy (non-hydrogen) atoms. The van der Waals surface area contributed by atoms with Gasteiger partial charge in [0, 0.05) is 11.9 Å². The summed E-state index contributed by atoms with van der Waals surface area (Å²) >= 11 is 1.31. The van der Waals surface area contributed by atoms with Crippen molar-refractivity contribution in [3.63, 3.8) is 0 Å². The highest BCUT2D eigenvalue weighted by Gasteiger charge is 2.15. The summed E-state index contributed by atoms with van der Waals surface area (Å²) in [7, 11) is 2.86. The van der Waals surface area contributed by atoms with Crippen molar-refractivity contribution in [3.05, 3.63) is 10.6 Å². The molecule has 1 aromatic heterocycles. The fourth-order valence-electron chi connectivity index (χ4n) is 1.00. The molecule has 2 N–H and O–H groups in total. The number of likely N-dealkylation sites (N-methyl/N-ethyl adjacent to an activating group) is 1. The second-order valence-electron chi connectivity index (χ2n) is 2.94. The van der Waals surface area contributed by atoms with E-state index in [0.717, 1.165) is 4.88 Å². The van der Waals surface area contributed by atoms with Crippen molar-refractivity contribution in [2.24, 2.45) is 0 Å². The standard InChI is InChI=1S/C9H13N3O3S/c1-5-7(8(14)15-3)12-9(16-5)11-4-6(13)10-2/h4H2,1-3H3,(H,10,13)(H,11,12). The Bertz CT molecular complexity index is 403. The highest BCUT2D eigenvalue weighted by molar-refractivity contribution is 7.15. The van der Waals surface area contributed by atoms with Crippen molar-refractivity contribution in [2.75, 3.05) is 26.0 Å². The first-order valence-corrected chi connectivity index (χ1v) is 5.40. The van der Waals surface area contributed by atoms with Crippen LogP contribution in [0.2, 0.25) is 0 Å². The van der Waals surface area contributed by atoms with E-state index in [1.165, 1.54) is 18.4 Å². The maximum absolute atomic E-state index is 11.3. The van der Waals surface area contributed by atoms with Gasteiger partial charge in [-0.25, -0.2) is 9.78 Å². The average molecular weight is 243 g/mol.